The van der Waals surface area contributed by atoms with Gasteiger partial charge in [-0.05, 0) is 60.0 Å². The van der Waals surface area contributed by atoms with E-state index in [2.05, 4.69) is 46.3 Å². The van der Waals surface area contributed by atoms with E-state index in [1.807, 2.05) is 43.6 Å². The molecule has 1 aromatic heterocycles. The molecule has 0 aliphatic rings. The van der Waals surface area contributed by atoms with Gasteiger partial charge in [-0.15, -0.1) is 0 Å². The van der Waals surface area contributed by atoms with Crippen molar-refractivity contribution in [3.63, 3.8) is 0 Å². The molecule has 3 aromatic rings. The van der Waals surface area contributed by atoms with Crippen LogP contribution in [0.2, 0.25) is 0 Å². The summed E-state index contributed by atoms with van der Waals surface area (Å²) < 4.78 is 10.8. The summed E-state index contributed by atoms with van der Waals surface area (Å²) in [7, 11) is 1.69. The smallest absolute Gasteiger partial charge is 0.119 e. The molecule has 4 heteroatoms. The van der Waals surface area contributed by atoms with Crippen molar-refractivity contribution in [1.29, 1.82) is 0 Å². The van der Waals surface area contributed by atoms with Crippen LogP contribution < -0.4 is 9.47 Å². The molecular formula is C23H26N2O2. The minimum atomic E-state index is 0.685. The molecule has 3 rings (SSSR count). The maximum Gasteiger partial charge on any atom is 0.119 e. The lowest BCUT2D eigenvalue weighted by molar-refractivity contribution is 0.247. The van der Waals surface area contributed by atoms with Gasteiger partial charge >= 0.3 is 0 Å². The van der Waals surface area contributed by atoms with E-state index >= 15 is 0 Å². The van der Waals surface area contributed by atoms with Crippen LogP contribution in [0.3, 0.4) is 0 Å². The Morgan fingerprint density at radius 3 is 1.67 bits per heavy atom. The standard InChI is InChI=1S/C23H26N2O2/c1-3-27-23-10-6-20(7-11-23)17-25(18-21-12-14-24-15-13-21)16-19-4-8-22(26-2)9-5-19/h4-15H,3,16-18H2,1-2H3. The second kappa shape index (κ2) is 9.74. The monoisotopic (exact) mass is 362 g/mol. The highest BCUT2D eigenvalue weighted by molar-refractivity contribution is 5.29. The first-order valence-corrected chi connectivity index (χ1v) is 9.22. The third-order valence-electron chi connectivity index (χ3n) is 4.36. The van der Waals surface area contributed by atoms with Crippen molar-refractivity contribution in [3.05, 3.63) is 89.7 Å². The number of rotatable bonds is 9. The Bertz CT molecular complexity index is 802. The first-order valence-electron chi connectivity index (χ1n) is 9.22. The van der Waals surface area contributed by atoms with Gasteiger partial charge in [-0.2, -0.15) is 0 Å². The maximum atomic E-state index is 5.55. The van der Waals surface area contributed by atoms with Crippen molar-refractivity contribution >= 4 is 0 Å². The molecule has 0 saturated carbocycles. The van der Waals surface area contributed by atoms with Crippen LogP contribution in [0, 0.1) is 0 Å². The summed E-state index contributed by atoms with van der Waals surface area (Å²) >= 11 is 0. The maximum absolute atomic E-state index is 5.55. The summed E-state index contributed by atoms with van der Waals surface area (Å²) in [6.45, 7) is 5.27. The summed E-state index contributed by atoms with van der Waals surface area (Å²) in [5.74, 6) is 1.79. The summed E-state index contributed by atoms with van der Waals surface area (Å²) in [5.41, 5.74) is 3.78. The third-order valence-corrected chi connectivity index (χ3v) is 4.36. The van der Waals surface area contributed by atoms with Crippen molar-refractivity contribution in [3.8, 4) is 11.5 Å². The summed E-state index contributed by atoms with van der Waals surface area (Å²) in [5, 5.41) is 0. The number of hydrogen-bond donors (Lipinski definition) is 0. The predicted octanol–water partition coefficient (Wildman–Crippen LogP) is 4.69. The third kappa shape index (κ3) is 5.83. The summed E-state index contributed by atoms with van der Waals surface area (Å²) in [4.78, 5) is 6.54. The number of methoxy groups -OCH3 is 1. The van der Waals surface area contributed by atoms with E-state index in [4.69, 9.17) is 9.47 Å². The van der Waals surface area contributed by atoms with Crippen LogP contribution in [0.4, 0.5) is 0 Å². The Kier molecular flexibility index (Phi) is 6.83. The average molecular weight is 362 g/mol. The SMILES string of the molecule is CCOc1ccc(CN(Cc2ccncc2)Cc2ccc(OC)cc2)cc1. The van der Waals surface area contributed by atoms with Gasteiger partial charge in [-0.1, -0.05) is 24.3 Å². The number of aromatic nitrogens is 1. The number of nitrogens with zero attached hydrogens (tertiary/aromatic N) is 2. The number of ether oxygens (including phenoxy) is 2. The number of hydrogen-bond acceptors (Lipinski definition) is 4. The molecule has 0 aliphatic carbocycles. The van der Waals surface area contributed by atoms with Crippen LogP contribution in [0.15, 0.2) is 73.1 Å². The Morgan fingerprint density at radius 1 is 0.704 bits per heavy atom. The minimum Gasteiger partial charge on any atom is -0.497 e. The zero-order valence-corrected chi connectivity index (χ0v) is 16.0. The van der Waals surface area contributed by atoms with Gasteiger partial charge in [0.25, 0.3) is 0 Å². The van der Waals surface area contributed by atoms with E-state index < -0.39 is 0 Å². The van der Waals surface area contributed by atoms with Gasteiger partial charge in [-0.3, -0.25) is 9.88 Å². The van der Waals surface area contributed by atoms with Crippen molar-refractivity contribution in [2.75, 3.05) is 13.7 Å². The van der Waals surface area contributed by atoms with E-state index in [1.165, 1.54) is 16.7 Å². The van der Waals surface area contributed by atoms with Crippen LogP contribution >= 0.6 is 0 Å². The fourth-order valence-electron chi connectivity index (χ4n) is 3.02. The molecule has 0 spiro atoms. The van der Waals surface area contributed by atoms with E-state index in [0.717, 1.165) is 31.1 Å². The van der Waals surface area contributed by atoms with Gasteiger partial charge in [0.15, 0.2) is 0 Å². The highest BCUT2D eigenvalue weighted by Crippen LogP contribution is 2.18. The Balaban J connectivity index is 1.73. The molecule has 4 nitrogen and oxygen atoms in total. The lowest BCUT2D eigenvalue weighted by Gasteiger charge is -2.23. The van der Waals surface area contributed by atoms with Gasteiger partial charge in [0.1, 0.15) is 11.5 Å². The van der Waals surface area contributed by atoms with Gasteiger partial charge in [0.2, 0.25) is 0 Å². The molecule has 27 heavy (non-hydrogen) atoms. The van der Waals surface area contributed by atoms with Gasteiger partial charge < -0.3 is 9.47 Å². The zero-order valence-electron chi connectivity index (χ0n) is 16.0. The largest absolute Gasteiger partial charge is 0.497 e. The minimum absolute atomic E-state index is 0.685. The number of pyridine rings is 1. The van der Waals surface area contributed by atoms with Crippen molar-refractivity contribution in [1.82, 2.24) is 9.88 Å². The van der Waals surface area contributed by atoms with Crippen molar-refractivity contribution in [2.24, 2.45) is 0 Å². The molecule has 0 amide bonds. The summed E-state index contributed by atoms with van der Waals surface area (Å²) in [6.07, 6.45) is 3.69. The molecule has 2 aromatic carbocycles. The lowest BCUT2D eigenvalue weighted by Crippen LogP contribution is -2.22. The molecule has 0 unspecified atom stereocenters. The molecule has 0 radical (unpaired) electrons. The van der Waals surface area contributed by atoms with Crippen molar-refractivity contribution < 1.29 is 9.47 Å². The van der Waals surface area contributed by atoms with Gasteiger partial charge in [0, 0.05) is 32.0 Å². The van der Waals surface area contributed by atoms with Gasteiger partial charge in [-0.25, -0.2) is 0 Å². The molecule has 0 atom stereocenters. The average Bonchev–Trinajstić information content (AvgIpc) is 2.71. The molecule has 0 N–H and O–H groups in total. The Morgan fingerprint density at radius 2 is 1.19 bits per heavy atom. The quantitative estimate of drug-likeness (QED) is 0.553. The lowest BCUT2D eigenvalue weighted by atomic mass is 10.1. The van der Waals surface area contributed by atoms with Gasteiger partial charge in [0.05, 0.1) is 13.7 Å². The second-order valence-electron chi connectivity index (χ2n) is 6.43. The molecule has 0 fully saturated rings. The first kappa shape index (κ1) is 18.9. The van der Waals surface area contributed by atoms with E-state index in [-0.39, 0.29) is 0 Å². The fourth-order valence-corrected chi connectivity index (χ4v) is 3.02. The molecule has 0 bridgehead atoms. The van der Waals surface area contributed by atoms with Crippen LogP contribution in [0.25, 0.3) is 0 Å². The van der Waals surface area contributed by atoms with Crippen LogP contribution in [0.5, 0.6) is 11.5 Å². The Labute approximate surface area is 161 Å². The normalized spacial score (nSPS) is 10.8. The van der Waals surface area contributed by atoms with E-state index in [0.29, 0.717) is 6.61 Å². The van der Waals surface area contributed by atoms with Crippen LogP contribution in [-0.2, 0) is 19.6 Å². The molecule has 140 valence electrons. The predicted molar refractivity (Wildman–Crippen MR) is 108 cm³/mol. The second-order valence-corrected chi connectivity index (χ2v) is 6.43. The van der Waals surface area contributed by atoms with Crippen LogP contribution in [0.1, 0.15) is 23.6 Å². The molecule has 0 saturated heterocycles. The highest BCUT2D eigenvalue weighted by Gasteiger charge is 2.09. The molecule has 0 aliphatic heterocycles. The molecule has 1 heterocycles. The molecular weight excluding hydrogens is 336 g/mol. The first-order chi connectivity index (χ1) is 13.3. The highest BCUT2D eigenvalue weighted by atomic mass is 16.5. The van der Waals surface area contributed by atoms with E-state index in [1.54, 1.807) is 7.11 Å². The van der Waals surface area contributed by atoms with E-state index in [9.17, 15) is 0 Å². The number of benzene rings is 2. The summed E-state index contributed by atoms with van der Waals surface area (Å²) in [6, 6.07) is 20.8. The zero-order chi connectivity index (χ0) is 18.9. The van der Waals surface area contributed by atoms with Crippen LogP contribution in [-0.4, -0.2) is 23.6 Å². The fraction of sp³-hybridized carbons (Fsp3) is 0.261. The van der Waals surface area contributed by atoms with Crippen molar-refractivity contribution in [2.45, 2.75) is 26.6 Å². The topological polar surface area (TPSA) is 34.6 Å². The Hall–Kier alpha value is -2.85.